The number of cyclic esters (lactones) is 1. The molecule has 10 nitrogen and oxygen atoms in total. The first-order valence-corrected chi connectivity index (χ1v) is 13.3. The molecule has 1 aromatic heterocycles. The molecule has 1 aliphatic carbocycles. The van der Waals surface area contributed by atoms with Crippen LogP contribution in [0.5, 0.6) is 0 Å². The molecule has 0 N–H and O–H groups in total. The highest BCUT2D eigenvalue weighted by Gasteiger charge is 2.43. The molecule has 4 heterocycles. The molecule has 3 aromatic rings. The molecule has 2 saturated heterocycles. The quantitative estimate of drug-likeness (QED) is 0.488. The molecule has 0 saturated carbocycles. The predicted octanol–water partition coefficient (Wildman–Crippen LogP) is 1.86. The Morgan fingerprint density at radius 2 is 2.03 bits per heavy atom. The van der Waals surface area contributed by atoms with Crippen molar-refractivity contribution in [2.75, 3.05) is 39.4 Å². The normalized spacial score (nSPS) is 26.9. The molecule has 0 radical (unpaired) electrons. The first kappa shape index (κ1) is 23.5. The number of fused-ring (bicyclic) bond motifs is 3. The number of nitrogens with zero attached hydrogens (tertiary/aromatic N) is 6. The first-order chi connectivity index (χ1) is 18.5. The summed E-state index contributed by atoms with van der Waals surface area (Å²) in [5, 5.41) is 11.4. The average Bonchev–Trinajstić information content (AvgIpc) is 3.63. The summed E-state index contributed by atoms with van der Waals surface area (Å²) in [4.78, 5) is 30.2. The number of hydrogen-bond acceptors (Lipinski definition) is 8. The summed E-state index contributed by atoms with van der Waals surface area (Å²) in [5.41, 5.74) is 5.56. The summed E-state index contributed by atoms with van der Waals surface area (Å²) in [5.74, 6) is -0.129. The highest BCUT2D eigenvalue weighted by molar-refractivity contribution is 5.92. The van der Waals surface area contributed by atoms with E-state index >= 15 is 0 Å². The lowest BCUT2D eigenvalue weighted by Gasteiger charge is -2.50. The van der Waals surface area contributed by atoms with Gasteiger partial charge in [-0.25, -0.2) is 9.48 Å². The molecule has 1 amide bonds. The Morgan fingerprint density at radius 1 is 1.11 bits per heavy atom. The number of aryl methyl sites for hydroxylation is 1. The summed E-state index contributed by atoms with van der Waals surface area (Å²) < 4.78 is 13.3. The molecular formula is C28H30N6O4. The SMILES string of the molecule is C[C@@]1(c2ccc3c(c2)CCOC3=O)CN2CCN(C(=O)C3CCc4cc(-n5cnnn5)ccc43)C[C@H]2CO1. The van der Waals surface area contributed by atoms with Crippen LogP contribution in [0.1, 0.15) is 51.9 Å². The number of amides is 1. The molecule has 2 aromatic carbocycles. The fraction of sp³-hybridized carbons (Fsp3) is 0.464. The monoisotopic (exact) mass is 514 g/mol. The number of ether oxygens (including phenoxy) is 2. The number of piperazine rings is 1. The first-order valence-electron chi connectivity index (χ1n) is 13.3. The number of hydrogen-bond donors (Lipinski definition) is 0. The van der Waals surface area contributed by atoms with Gasteiger partial charge < -0.3 is 14.4 Å². The third-order valence-electron chi connectivity index (χ3n) is 8.67. The van der Waals surface area contributed by atoms with E-state index in [-0.39, 0.29) is 23.8 Å². The smallest absolute Gasteiger partial charge is 0.338 e. The maximum absolute atomic E-state index is 13.7. The van der Waals surface area contributed by atoms with Crippen molar-refractivity contribution in [1.29, 1.82) is 0 Å². The van der Waals surface area contributed by atoms with E-state index in [1.165, 1.54) is 5.56 Å². The standard InChI is InChI=1S/C28H30N6O4/c1-28(20-3-6-24-19(12-20)8-11-37-27(24)36)16-33-10-9-32(14-22(33)15-38-28)26(35)25-5-2-18-13-21(4-7-23(18)25)34-17-29-30-31-34/h3-4,6-7,12-13,17,22,25H,2,5,8-11,14-16H2,1H3/t22-,25?,28-/m0/s1. The van der Waals surface area contributed by atoms with Crippen LogP contribution in [-0.2, 0) is 32.7 Å². The van der Waals surface area contributed by atoms with E-state index in [1.54, 1.807) is 11.0 Å². The third-order valence-corrected chi connectivity index (χ3v) is 8.67. The van der Waals surface area contributed by atoms with E-state index in [4.69, 9.17) is 9.47 Å². The Kier molecular flexibility index (Phi) is 5.55. The van der Waals surface area contributed by atoms with Crippen LogP contribution in [0.4, 0.5) is 0 Å². The van der Waals surface area contributed by atoms with Crippen LogP contribution in [0.2, 0.25) is 0 Å². The van der Waals surface area contributed by atoms with Gasteiger partial charge in [0, 0.05) is 32.6 Å². The van der Waals surface area contributed by atoms with E-state index in [0.29, 0.717) is 25.3 Å². The summed E-state index contributed by atoms with van der Waals surface area (Å²) in [6, 6.07) is 12.3. The molecule has 1 unspecified atom stereocenters. The number of aromatic nitrogens is 4. The molecule has 2 fully saturated rings. The molecule has 4 aliphatic rings. The lowest BCUT2D eigenvalue weighted by Crippen LogP contribution is -2.63. The van der Waals surface area contributed by atoms with Gasteiger partial charge in [-0.2, -0.15) is 0 Å². The number of esters is 1. The van der Waals surface area contributed by atoms with Crippen LogP contribution in [0.15, 0.2) is 42.7 Å². The molecule has 3 atom stereocenters. The number of benzene rings is 2. The van der Waals surface area contributed by atoms with E-state index in [2.05, 4.69) is 45.5 Å². The van der Waals surface area contributed by atoms with E-state index in [9.17, 15) is 9.59 Å². The second-order valence-corrected chi connectivity index (χ2v) is 10.9. The topological polar surface area (TPSA) is 103 Å². The van der Waals surface area contributed by atoms with Gasteiger partial charge in [0.05, 0.1) is 36.4 Å². The van der Waals surface area contributed by atoms with Gasteiger partial charge in [0.1, 0.15) is 11.9 Å². The minimum absolute atomic E-state index is 0.101. The fourth-order valence-corrected chi connectivity index (χ4v) is 6.51. The molecular weight excluding hydrogens is 484 g/mol. The lowest BCUT2D eigenvalue weighted by molar-refractivity contribution is -0.156. The van der Waals surface area contributed by atoms with Crippen LogP contribution in [-0.4, -0.2) is 87.3 Å². The zero-order valence-corrected chi connectivity index (χ0v) is 21.4. The molecule has 10 heteroatoms. The van der Waals surface area contributed by atoms with Crippen LogP contribution < -0.4 is 0 Å². The van der Waals surface area contributed by atoms with E-state index < -0.39 is 5.60 Å². The number of rotatable bonds is 3. The van der Waals surface area contributed by atoms with Crippen molar-refractivity contribution in [3.63, 3.8) is 0 Å². The summed E-state index contributed by atoms with van der Waals surface area (Å²) >= 11 is 0. The Balaban J connectivity index is 1.03. The third kappa shape index (κ3) is 3.90. The summed E-state index contributed by atoms with van der Waals surface area (Å²) in [7, 11) is 0. The van der Waals surface area contributed by atoms with Crippen molar-refractivity contribution in [2.45, 2.75) is 43.7 Å². The molecule has 3 aliphatic heterocycles. The highest BCUT2D eigenvalue weighted by atomic mass is 16.5. The Morgan fingerprint density at radius 3 is 2.89 bits per heavy atom. The van der Waals surface area contributed by atoms with Crippen molar-refractivity contribution in [1.82, 2.24) is 30.0 Å². The largest absolute Gasteiger partial charge is 0.462 e. The van der Waals surface area contributed by atoms with Crippen molar-refractivity contribution in [2.24, 2.45) is 0 Å². The number of carbonyl (C=O) groups is 2. The van der Waals surface area contributed by atoms with Gasteiger partial charge in [-0.3, -0.25) is 9.69 Å². The van der Waals surface area contributed by atoms with Crippen LogP contribution in [0.25, 0.3) is 5.69 Å². The zero-order chi connectivity index (χ0) is 25.9. The van der Waals surface area contributed by atoms with E-state index in [0.717, 1.165) is 61.3 Å². The van der Waals surface area contributed by atoms with Crippen LogP contribution in [0.3, 0.4) is 0 Å². The van der Waals surface area contributed by atoms with Crippen molar-refractivity contribution < 1.29 is 19.1 Å². The Bertz CT molecular complexity index is 1410. The predicted molar refractivity (Wildman–Crippen MR) is 136 cm³/mol. The van der Waals surface area contributed by atoms with E-state index in [1.807, 2.05) is 23.1 Å². The summed E-state index contributed by atoms with van der Waals surface area (Å²) in [6.07, 6.45) is 4.03. The van der Waals surface area contributed by atoms with Crippen molar-refractivity contribution in [3.8, 4) is 5.69 Å². The van der Waals surface area contributed by atoms with Gasteiger partial charge in [0.25, 0.3) is 0 Å². The lowest BCUT2D eigenvalue weighted by atomic mass is 9.88. The molecule has 196 valence electrons. The van der Waals surface area contributed by atoms with Gasteiger partial charge in [-0.1, -0.05) is 18.2 Å². The second-order valence-electron chi connectivity index (χ2n) is 10.9. The van der Waals surface area contributed by atoms with Gasteiger partial charge in [0.15, 0.2) is 0 Å². The number of tetrazole rings is 1. The van der Waals surface area contributed by atoms with Crippen LogP contribution >= 0.6 is 0 Å². The van der Waals surface area contributed by atoms with Crippen molar-refractivity contribution in [3.05, 3.63) is 70.5 Å². The zero-order valence-electron chi connectivity index (χ0n) is 21.4. The molecule has 0 spiro atoms. The van der Waals surface area contributed by atoms with Crippen LogP contribution in [0, 0.1) is 0 Å². The maximum atomic E-state index is 13.7. The number of morpholine rings is 1. The molecule has 38 heavy (non-hydrogen) atoms. The van der Waals surface area contributed by atoms with Gasteiger partial charge in [-0.05, 0) is 70.6 Å². The maximum Gasteiger partial charge on any atom is 0.338 e. The number of carbonyl (C=O) groups excluding carboxylic acids is 2. The minimum Gasteiger partial charge on any atom is -0.462 e. The average molecular weight is 515 g/mol. The van der Waals surface area contributed by atoms with Gasteiger partial charge in [-0.15, -0.1) is 5.10 Å². The summed E-state index contributed by atoms with van der Waals surface area (Å²) in [6.45, 7) is 6.10. The molecule has 7 rings (SSSR count). The van der Waals surface area contributed by atoms with Crippen molar-refractivity contribution >= 4 is 11.9 Å². The fourth-order valence-electron chi connectivity index (χ4n) is 6.51. The Hall–Kier alpha value is -3.63. The second kappa shape index (κ2) is 8.99. The highest BCUT2D eigenvalue weighted by Crippen LogP contribution is 2.38. The Labute approximate surface area is 220 Å². The molecule has 0 bridgehead atoms. The van der Waals surface area contributed by atoms with Gasteiger partial charge in [0.2, 0.25) is 5.91 Å². The van der Waals surface area contributed by atoms with Gasteiger partial charge >= 0.3 is 5.97 Å². The minimum atomic E-state index is -0.458.